The van der Waals surface area contributed by atoms with Crippen LogP contribution in [0.1, 0.15) is 5.69 Å². The summed E-state index contributed by atoms with van der Waals surface area (Å²) >= 11 is 0. The third-order valence-corrected chi connectivity index (χ3v) is 10.5. The Bertz CT molecular complexity index is 3170. The summed E-state index contributed by atoms with van der Waals surface area (Å²) in [6.45, 7) is 0. The van der Waals surface area contributed by atoms with Crippen LogP contribution in [0, 0.1) is 12.3 Å². The van der Waals surface area contributed by atoms with Gasteiger partial charge < -0.3 is 0 Å². The molecular weight excluding hydrogens is 695 g/mol. The molecule has 0 aliphatic rings. The Morgan fingerprint density at radius 2 is 0.807 bits per heavy atom. The van der Waals surface area contributed by atoms with E-state index in [0.717, 1.165) is 44.6 Å². The lowest BCUT2D eigenvalue weighted by molar-refractivity contribution is 1.06. The molecule has 10 rings (SSSR count). The molecule has 266 valence electrons. The van der Waals surface area contributed by atoms with E-state index in [1.54, 1.807) is 18.6 Å². The van der Waals surface area contributed by atoms with Gasteiger partial charge in [0.05, 0.1) is 12.1 Å². The molecule has 0 bridgehead atoms. The van der Waals surface area contributed by atoms with Crippen molar-refractivity contribution in [2.45, 2.75) is 6.42 Å². The third kappa shape index (κ3) is 6.46. The molecule has 0 saturated carbocycles. The summed E-state index contributed by atoms with van der Waals surface area (Å²) in [6, 6.07) is 57.9. The topological polar surface area (TPSA) is 64.5 Å². The number of aromatic nitrogens is 5. The monoisotopic (exact) mass is 727 g/mol. The van der Waals surface area contributed by atoms with Crippen LogP contribution in [0.3, 0.4) is 0 Å². The quantitative estimate of drug-likeness (QED) is 0.121. The lowest BCUT2D eigenvalue weighted by Gasteiger charge is -2.14. The van der Waals surface area contributed by atoms with Crippen LogP contribution in [0.4, 0.5) is 0 Å². The fraction of sp³-hybridized carbons (Fsp3) is 0.0192. The maximum absolute atomic E-state index is 5.60. The second-order valence-electron chi connectivity index (χ2n) is 14.1. The molecule has 0 aliphatic carbocycles. The Hall–Kier alpha value is -7.81. The maximum Gasteiger partial charge on any atom is 0.164 e. The van der Waals surface area contributed by atoms with Gasteiger partial charge in [-0.1, -0.05) is 115 Å². The fourth-order valence-corrected chi connectivity index (χ4v) is 7.75. The largest absolute Gasteiger partial charge is 0.265 e. The van der Waals surface area contributed by atoms with E-state index in [1.807, 2.05) is 30.3 Å². The molecule has 5 heteroatoms. The molecule has 0 radical (unpaired) electrons. The SMILES string of the molecule is C#CCc1cc(-c2nc(-c3ccncc3)nc(-c3cccc(-c4cccc(-c5ccc6c7ccccc7c7ccc(-c8ccccc8)cc7c6c5)c4)c3)n2)ccn1. The summed E-state index contributed by atoms with van der Waals surface area (Å²) in [6.07, 6.45) is 11.2. The molecule has 0 saturated heterocycles. The number of nitrogens with zero attached hydrogens (tertiary/aromatic N) is 5. The smallest absolute Gasteiger partial charge is 0.164 e. The van der Waals surface area contributed by atoms with Crippen molar-refractivity contribution in [3.05, 3.63) is 188 Å². The highest BCUT2D eigenvalue weighted by molar-refractivity contribution is 6.26. The summed E-state index contributed by atoms with van der Waals surface area (Å²) in [5.74, 6) is 4.36. The molecule has 3 heterocycles. The van der Waals surface area contributed by atoms with E-state index in [-0.39, 0.29) is 0 Å². The van der Waals surface area contributed by atoms with Crippen LogP contribution >= 0.6 is 0 Å². The Morgan fingerprint density at radius 1 is 0.351 bits per heavy atom. The van der Waals surface area contributed by atoms with Crippen LogP contribution in [-0.2, 0) is 6.42 Å². The minimum absolute atomic E-state index is 0.423. The average Bonchev–Trinajstić information content (AvgIpc) is 3.29. The van der Waals surface area contributed by atoms with Gasteiger partial charge in [-0.15, -0.1) is 12.3 Å². The van der Waals surface area contributed by atoms with Crippen molar-refractivity contribution in [1.82, 2.24) is 24.9 Å². The zero-order valence-corrected chi connectivity index (χ0v) is 30.8. The van der Waals surface area contributed by atoms with E-state index >= 15 is 0 Å². The lowest BCUT2D eigenvalue weighted by Crippen LogP contribution is -2.01. The average molecular weight is 728 g/mol. The van der Waals surface area contributed by atoms with Crippen LogP contribution in [-0.4, -0.2) is 24.9 Å². The molecule has 0 spiro atoms. The number of rotatable bonds is 7. The van der Waals surface area contributed by atoms with Crippen molar-refractivity contribution in [3.63, 3.8) is 0 Å². The highest BCUT2D eigenvalue weighted by atomic mass is 15.0. The number of hydrogen-bond acceptors (Lipinski definition) is 5. The summed E-state index contributed by atoms with van der Waals surface area (Å²) in [5, 5.41) is 7.51. The summed E-state index contributed by atoms with van der Waals surface area (Å²) in [7, 11) is 0. The predicted octanol–water partition coefficient (Wildman–Crippen LogP) is 12.3. The van der Waals surface area contributed by atoms with Crippen molar-refractivity contribution >= 4 is 32.3 Å². The van der Waals surface area contributed by atoms with E-state index in [1.165, 1.54) is 43.4 Å². The molecule has 0 fully saturated rings. The first-order valence-electron chi connectivity index (χ1n) is 18.9. The molecule has 0 aliphatic heterocycles. The second-order valence-corrected chi connectivity index (χ2v) is 14.1. The molecular formula is C52H33N5. The molecule has 0 N–H and O–H groups in total. The lowest BCUT2D eigenvalue weighted by atomic mass is 9.90. The van der Waals surface area contributed by atoms with E-state index < -0.39 is 0 Å². The molecule has 0 atom stereocenters. The number of benzene rings is 7. The summed E-state index contributed by atoms with van der Waals surface area (Å²) in [4.78, 5) is 23.4. The van der Waals surface area contributed by atoms with Crippen molar-refractivity contribution in [2.75, 3.05) is 0 Å². The van der Waals surface area contributed by atoms with Crippen LogP contribution in [0.25, 0.3) is 99.9 Å². The molecule has 0 unspecified atom stereocenters. The molecule has 3 aromatic heterocycles. The van der Waals surface area contributed by atoms with Gasteiger partial charge in [0.15, 0.2) is 17.5 Å². The molecule has 57 heavy (non-hydrogen) atoms. The van der Waals surface area contributed by atoms with Crippen LogP contribution in [0.15, 0.2) is 182 Å². The van der Waals surface area contributed by atoms with Crippen LogP contribution in [0.2, 0.25) is 0 Å². The Labute approximate surface area is 330 Å². The Balaban J connectivity index is 1.07. The van der Waals surface area contributed by atoms with Gasteiger partial charge in [-0.2, -0.15) is 0 Å². The minimum atomic E-state index is 0.423. The standard InChI is InChI=1S/C52H33N5/c1-2-10-43-31-42(25-28-54-43)52-56-50(35-23-26-53-27-24-35)55-51(57-52)41-16-9-15-38(30-41)36-13-8-14-37(29-36)40-20-22-47-45-18-7-6-17-44(45)46-21-19-39(32-48(46)49(47)33-40)34-11-4-3-5-12-34/h1,3-9,11-33H,10H2. The predicted molar refractivity (Wildman–Crippen MR) is 233 cm³/mol. The Kier molecular flexibility index (Phi) is 8.55. The molecule has 10 aromatic rings. The molecule has 5 nitrogen and oxygen atoms in total. The van der Waals surface area contributed by atoms with E-state index in [9.17, 15) is 0 Å². The van der Waals surface area contributed by atoms with Crippen molar-refractivity contribution in [3.8, 4) is 79.9 Å². The van der Waals surface area contributed by atoms with Gasteiger partial charge >= 0.3 is 0 Å². The van der Waals surface area contributed by atoms with Gasteiger partial charge in [-0.05, 0) is 114 Å². The van der Waals surface area contributed by atoms with Crippen LogP contribution < -0.4 is 0 Å². The minimum Gasteiger partial charge on any atom is -0.265 e. The van der Waals surface area contributed by atoms with Gasteiger partial charge in [0.25, 0.3) is 0 Å². The summed E-state index contributed by atoms with van der Waals surface area (Å²) < 4.78 is 0. The highest BCUT2D eigenvalue weighted by Crippen LogP contribution is 2.39. The van der Waals surface area contributed by atoms with Crippen molar-refractivity contribution < 1.29 is 0 Å². The zero-order chi connectivity index (χ0) is 38.1. The molecule has 0 amide bonds. The van der Waals surface area contributed by atoms with Crippen LogP contribution in [0.5, 0.6) is 0 Å². The number of pyridine rings is 2. The molecule has 7 aromatic carbocycles. The fourth-order valence-electron chi connectivity index (χ4n) is 7.75. The van der Waals surface area contributed by atoms with Gasteiger partial charge in [-0.3, -0.25) is 9.97 Å². The first-order chi connectivity index (χ1) is 28.2. The first kappa shape index (κ1) is 33.7. The number of hydrogen-bond donors (Lipinski definition) is 0. The first-order valence-corrected chi connectivity index (χ1v) is 18.9. The number of terminal acetylenes is 1. The number of fused-ring (bicyclic) bond motifs is 6. The van der Waals surface area contributed by atoms with Gasteiger partial charge in [-0.25, -0.2) is 15.0 Å². The van der Waals surface area contributed by atoms with E-state index in [2.05, 4.69) is 149 Å². The van der Waals surface area contributed by atoms with E-state index in [0.29, 0.717) is 23.9 Å². The van der Waals surface area contributed by atoms with Crippen molar-refractivity contribution in [1.29, 1.82) is 0 Å². The normalized spacial score (nSPS) is 11.2. The third-order valence-electron chi connectivity index (χ3n) is 10.5. The van der Waals surface area contributed by atoms with Gasteiger partial charge in [0.1, 0.15) is 0 Å². The Morgan fingerprint density at radius 3 is 1.42 bits per heavy atom. The highest BCUT2D eigenvalue weighted by Gasteiger charge is 2.15. The van der Waals surface area contributed by atoms with Crippen molar-refractivity contribution in [2.24, 2.45) is 0 Å². The maximum atomic E-state index is 5.60. The second kappa shape index (κ2) is 14.4. The zero-order valence-electron chi connectivity index (χ0n) is 30.8. The van der Waals surface area contributed by atoms with Gasteiger partial charge in [0, 0.05) is 35.3 Å². The summed E-state index contributed by atoms with van der Waals surface area (Å²) in [5.41, 5.74) is 10.2. The van der Waals surface area contributed by atoms with Gasteiger partial charge in [0.2, 0.25) is 0 Å². The van der Waals surface area contributed by atoms with E-state index in [4.69, 9.17) is 21.4 Å².